The van der Waals surface area contributed by atoms with Crippen LogP contribution in [0.25, 0.3) is 0 Å². The van der Waals surface area contributed by atoms with E-state index in [1.807, 2.05) is 0 Å². The van der Waals surface area contributed by atoms with Crippen LogP contribution in [0.2, 0.25) is 0 Å². The van der Waals surface area contributed by atoms with E-state index in [-0.39, 0.29) is 0 Å². The van der Waals surface area contributed by atoms with E-state index in [2.05, 4.69) is 13.2 Å². The standard InChI is InChI=1S/C15H14O5/c1-4-14(16)20-13-7-5-12(6-8-13)18-9-10-19-15(17)11(2)3/h4-10H,1-2H2,3H3. The molecule has 5 heteroatoms. The molecule has 1 rings (SSSR count). The molecule has 5 nitrogen and oxygen atoms in total. The van der Waals surface area contributed by atoms with Crippen LogP contribution in [0.1, 0.15) is 6.92 Å². The summed E-state index contributed by atoms with van der Waals surface area (Å²) in [5.41, 5.74) is 0.294. The Morgan fingerprint density at radius 1 is 1.10 bits per heavy atom. The maximum absolute atomic E-state index is 11.0. The van der Waals surface area contributed by atoms with E-state index in [1.54, 1.807) is 31.2 Å². The third-order valence-corrected chi connectivity index (χ3v) is 1.99. The second kappa shape index (κ2) is 7.58. The van der Waals surface area contributed by atoms with Crippen molar-refractivity contribution in [3.05, 3.63) is 61.6 Å². The normalized spacial score (nSPS) is 9.85. The van der Waals surface area contributed by atoms with Gasteiger partial charge in [-0.1, -0.05) is 13.2 Å². The van der Waals surface area contributed by atoms with Crippen LogP contribution >= 0.6 is 0 Å². The lowest BCUT2D eigenvalue weighted by molar-refractivity contribution is -0.133. The SMILES string of the molecule is C=CC(=O)Oc1ccc(OC=COC(=O)C(=C)C)cc1. The van der Waals surface area contributed by atoms with E-state index in [0.717, 1.165) is 12.3 Å². The van der Waals surface area contributed by atoms with Gasteiger partial charge in [0.1, 0.15) is 24.0 Å². The molecular formula is C15H14O5. The van der Waals surface area contributed by atoms with Crippen molar-refractivity contribution in [2.24, 2.45) is 0 Å². The van der Waals surface area contributed by atoms with E-state index in [0.29, 0.717) is 17.1 Å². The van der Waals surface area contributed by atoms with Gasteiger partial charge in [0.2, 0.25) is 0 Å². The van der Waals surface area contributed by atoms with Gasteiger partial charge in [-0.15, -0.1) is 0 Å². The van der Waals surface area contributed by atoms with Crippen LogP contribution in [-0.2, 0) is 14.3 Å². The van der Waals surface area contributed by atoms with Crippen molar-refractivity contribution < 1.29 is 23.8 Å². The topological polar surface area (TPSA) is 61.8 Å². The van der Waals surface area contributed by atoms with Crippen molar-refractivity contribution in [3.8, 4) is 11.5 Å². The molecule has 0 atom stereocenters. The molecule has 0 radical (unpaired) electrons. The monoisotopic (exact) mass is 274 g/mol. The highest BCUT2D eigenvalue weighted by atomic mass is 16.5. The van der Waals surface area contributed by atoms with E-state index in [4.69, 9.17) is 14.2 Å². The van der Waals surface area contributed by atoms with Crippen molar-refractivity contribution in [3.63, 3.8) is 0 Å². The summed E-state index contributed by atoms with van der Waals surface area (Å²) in [4.78, 5) is 22.0. The van der Waals surface area contributed by atoms with Crippen LogP contribution in [0.5, 0.6) is 11.5 Å². The van der Waals surface area contributed by atoms with Gasteiger partial charge >= 0.3 is 11.9 Å². The number of carbonyl (C=O) groups is 2. The molecule has 0 saturated heterocycles. The average Bonchev–Trinajstić information content (AvgIpc) is 2.44. The molecule has 0 bridgehead atoms. The van der Waals surface area contributed by atoms with E-state index < -0.39 is 11.9 Å². The zero-order valence-corrected chi connectivity index (χ0v) is 11.0. The van der Waals surface area contributed by atoms with Gasteiger partial charge in [0.05, 0.1) is 0 Å². The zero-order valence-electron chi connectivity index (χ0n) is 11.0. The van der Waals surface area contributed by atoms with Crippen molar-refractivity contribution in [2.75, 3.05) is 0 Å². The smallest absolute Gasteiger partial charge is 0.338 e. The van der Waals surface area contributed by atoms with Crippen LogP contribution in [0, 0.1) is 0 Å². The van der Waals surface area contributed by atoms with Crippen LogP contribution < -0.4 is 9.47 Å². The third-order valence-electron chi connectivity index (χ3n) is 1.99. The summed E-state index contributed by atoms with van der Waals surface area (Å²) in [5, 5.41) is 0. The number of ether oxygens (including phenoxy) is 3. The Morgan fingerprint density at radius 3 is 2.25 bits per heavy atom. The summed E-state index contributed by atoms with van der Waals surface area (Å²) < 4.78 is 14.8. The lowest BCUT2D eigenvalue weighted by Gasteiger charge is -2.03. The van der Waals surface area contributed by atoms with Gasteiger partial charge in [-0.05, 0) is 31.2 Å². The Labute approximate surface area is 116 Å². The molecule has 20 heavy (non-hydrogen) atoms. The maximum Gasteiger partial charge on any atom is 0.338 e. The first kappa shape index (κ1) is 15.2. The molecule has 0 aromatic heterocycles. The van der Waals surface area contributed by atoms with Crippen molar-refractivity contribution in [2.45, 2.75) is 6.92 Å². The minimum absolute atomic E-state index is 0.294. The Morgan fingerprint density at radius 2 is 1.70 bits per heavy atom. The molecule has 0 aliphatic rings. The first-order valence-electron chi connectivity index (χ1n) is 5.65. The molecule has 0 spiro atoms. The number of carbonyl (C=O) groups excluding carboxylic acids is 2. The molecule has 0 fully saturated rings. The van der Waals surface area contributed by atoms with E-state index in [9.17, 15) is 9.59 Å². The predicted molar refractivity (Wildman–Crippen MR) is 72.9 cm³/mol. The first-order chi connectivity index (χ1) is 9.52. The third kappa shape index (κ3) is 5.22. The van der Waals surface area contributed by atoms with E-state index >= 15 is 0 Å². The number of rotatable bonds is 6. The highest BCUT2D eigenvalue weighted by molar-refractivity contribution is 5.87. The van der Waals surface area contributed by atoms with Gasteiger partial charge in [-0.3, -0.25) is 0 Å². The lowest BCUT2D eigenvalue weighted by Crippen LogP contribution is -2.02. The molecule has 1 aromatic carbocycles. The fraction of sp³-hybridized carbons (Fsp3) is 0.0667. The summed E-state index contributed by atoms with van der Waals surface area (Å²) in [6.07, 6.45) is 3.40. The van der Waals surface area contributed by atoms with Crippen LogP contribution in [0.4, 0.5) is 0 Å². The highest BCUT2D eigenvalue weighted by Gasteiger charge is 2.01. The molecule has 0 N–H and O–H groups in total. The number of benzene rings is 1. The minimum Gasteiger partial charge on any atom is -0.462 e. The summed E-state index contributed by atoms with van der Waals surface area (Å²) in [6.45, 7) is 8.27. The summed E-state index contributed by atoms with van der Waals surface area (Å²) in [7, 11) is 0. The Kier molecular flexibility index (Phi) is 5.77. The van der Waals surface area contributed by atoms with Crippen LogP contribution in [0.15, 0.2) is 61.6 Å². The van der Waals surface area contributed by atoms with Gasteiger partial charge in [-0.2, -0.15) is 0 Å². The molecule has 0 unspecified atom stereocenters. The fourth-order valence-electron chi connectivity index (χ4n) is 1.04. The number of hydrogen-bond acceptors (Lipinski definition) is 5. The van der Waals surface area contributed by atoms with Gasteiger partial charge in [0, 0.05) is 11.6 Å². The molecular weight excluding hydrogens is 260 g/mol. The highest BCUT2D eigenvalue weighted by Crippen LogP contribution is 2.17. The fourth-order valence-corrected chi connectivity index (χ4v) is 1.04. The largest absolute Gasteiger partial charge is 0.462 e. The Hall–Kier alpha value is -2.82. The average molecular weight is 274 g/mol. The van der Waals surface area contributed by atoms with Crippen LogP contribution in [-0.4, -0.2) is 11.9 Å². The Bertz CT molecular complexity index is 540. The predicted octanol–water partition coefficient (Wildman–Crippen LogP) is 2.75. The zero-order chi connectivity index (χ0) is 15.0. The minimum atomic E-state index is -0.537. The van der Waals surface area contributed by atoms with Gasteiger partial charge in [-0.25, -0.2) is 9.59 Å². The van der Waals surface area contributed by atoms with Crippen molar-refractivity contribution in [1.82, 2.24) is 0 Å². The second-order valence-electron chi connectivity index (χ2n) is 3.67. The van der Waals surface area contributed by atoms with Gasteiger partial charge in [0.15, 0.2) is 0 Å². The number of esters is 2. The van der Waals surface area contributed by atoms with Crippen molar-refractivity contribution >= 4 is 11.9 Å². The molecule has 0 aliphatic carbocycles. The van der Waals surface area contributed by atoms with Crippen molar-refractivity contribution in [1.29, 1.82) is 0 Å². The van der Waals surface area contributed by atoms with Crippen LogP contribution in [0.3, 0.4) is 0 Å². The quantitative estimate of drug-likeness (QED) is 0.345. The van der Waals surface area contributed by atoms with E-state index in [1.165, 1.54) is 6.26 Å². The number of hydrogen-bond donors (Lipinski definition) is 0. The lowest BCUT2D eigenvalue weighted by atomic mass is 10.3. The van der Waals surface area contributed by atoms with Gasteiger partial charge < -0.3 is 14.2 Å². The summed E-state index contributed by atoms with van der Waals surface area (Å²) >= 11 is 0. The summed E-state index contributed by atoms with van der Waals surface area (Å²) in [5.74, 6) is -0.201. The first-order valence-corrected chi connectivity index (χ1v) is 5.65. The molecule has 1 aromatic rings. The second-order valence-corrected chi connectivity index (χ2v) is 3.67. The Balaban J connectivity index is 2.47. The molecule has 0 saturated carbocycles. The summed E-state index contributed by atoms with van der Waals surface area (Å²) in [6, 6.07) is 6.31. The molecule has 0 amide bonds. The maximum atomic E-state index is 11.0. The molecule has 104 valence electrons. The molecule has 0 aliphatic heterocycles. The van der Waals surface area contributed by atoms with Gasteiger partial charge in [0.25, 0.3) is 0 Å². The molecule has 0 heterocycles.